The number of aromatic nitrogens is 2. The van der Waals surface area contributed by atoms with E-state index in [1.165, 1.54) is 0 Å². The molecule has 0 N–H and O–H groups in total. The number of carbonyl (C=O) groups excluding carboxylic acids is 1. The van der Waals surface area contributed by atoms with Gasteiger partial charge >= 0.3 is 0 Å². The van der Waals surface area contributed by atoms with Crippen molar-refractivity contribution in [3.63, 3.8) is 0 Å². The topological polar surface area (TPSA) is 44.1 Å². The predicted octanol–water partition coefficient (Wildman–Crippen LogP) is 2.98. The summed E-state index contributed by atoms with van der Waals surface area (Å²) in [5.41, 5.74) is 0.658. The number of Topliss-reactive ketones (excluding diaryl/α,β-unsaturated/α-hetero) is 1. The van der Waals surface area contributed by atoms with Gasteiger partial charge in [0.1, 0.15) is 12.4 Å². The monoisotopic (exact) mass is 280 g/mol. The molecule has 0 aliphatic heterocycles. The van der Waals surface area contributed by atoms with Crippen LogP contribution in [0.5, 0.6) is 5.75 Å². The number of hydrogen-bond acceptors (Lipinski definition) is 3. The lowest BCUT2D eigenvalue weighted by Gasteiger charge is -2.10. The van der Waals surface area contributed by atoms with Crippen molar-refractivity contribution in [2.45, 2.75) is 19.9 Å². The Balaban J connectivity index is 0.00000180. The second kappa shape index (κ2) is 7.59. The Morgan fingerprint density at radius 1 is 1.37 bits per heavy atom. The summed E-state index contributed by atoms with van der Waals surface area (Å²) >= 11 is 0. The minimum absolute atomic E-state index is 0. The van der Waals surface area contributed by atoms with Crippen LogP contribution in [0.4, 0.5) is 0 Å². The van der Waals surface area contributed by atoms with Crippen LogP contribution in [0, 0.1) is 0 Å². The lowest BCUT2D eigenvalue weighted by molar-refractivity contribution is 0.0984. The molecule has 0 unspecified atom stereocenters. The number of benzene rings is 1. The van der Waals surface area contributed by atoms with Crippen LogP contribution in [0.1, 0.15) is 23.7 Å². The van der Waals surface area contributed by atoms with Crippen molar-refractivity contribution in [3.05, 3.63) is 48.5 Å². The maximum absolute atomic E-state index is 11.7. The number of imidazole rings is 1. The van der Waals surface area contributed by atoms with E-state index >= 15 is 0 Å². The molecule has 1 aromatic carbocycles. The normalized spacial score (nSPS) is 9.74. The molecule has 0 spiro atoms. The summed E-state index contributed by atoms with van der Waals surface area (Å²) in [6.07, 6.45) is 5.84. The zero-order valence-corrected chi connectivity index (χ0v) is 11.6. The van der Waals surface area contributed by atoms with Crippen molar-refractivity contribution in [1.29, 1.82) is 0 Å². The van der Waals surface area contributed by atoms with Gasteiger partial charge in [0.05, 0.1) is 18.4 Å². The van der Waals surface area contributed by atoms with E-state index in [2.05, 4.69) is 4.98 Å². The average Bonchev–Trinajstić information content (AvgIpc) is 2.92. The second-order valence-electron chi connectivity index (χ2n) is 3.92. The van der Waals surface area contributed by atoms with E-state index < -0.39 is 0 Å². The number of halogens is 1. The highest BCUT2D eigenvalue weighted by Gasteiger charge is 2.09. The van der Waals surface area contributed by atoms with Crippen molar-refractivity contribution in [3.8, 4) is 5.75 Å². The van der Waals surface area contributed by atoms with Crippen LogP contribution < -0.4 is 4.74 Å². The highest BCUT2D eigenvalue weighted by Crippen LogP contribution is 2.19. The van der Waals surface area contributed by atoms with Gasteiger partial charge < -0.3 is 9.30 Å². The van der Waals surface area contributed by atoms with Gasteiger partial charge in [-0.3, -0.25) is 4.79 Å². The van der Waals surface area contributed by atoms with Crippen LogP contribution >= 0.6 is 12.4 Å². The summed E-state index contributed by atoms with van der Waals surface area (Å²) in [5.74, 6) is 0.762. The summed E-state index contributed by atoms with van der Waals surface area (Å²) < 4.78 is 7.60. The number of carbonyl (C=O) groups is 1. The minimum atomic E-state index is 0. The minimum Gasteiger partial charge on any atom is -0.491 e. The zero-order valence-electron chi connectivity index (χ0n) is 10.8. The number of ketones is 1. The van der Waals surface area contributed by atoms with Crippen LogP contribution in [0.2, 0.25) is 0 Å². The molecule has 2 aromatic rings. The molecule has 0 aliphatic rings. The van der Waals surface area contributed by atoms with Gasteiger partial charge in [0, 0.05) is 18.8 Å². The predicted molar refractivity (Wildman–Crippen MR) is 76.0 cm³/mol. The third-order valence-corrected chi connectivity index (χ3v) is 2.67. The van der Waals surface area contributed by atoms with E-state index in [4.69, 9.17) is 4.74 Å². The quantitative estimate of drug-likeness (QED) is 0.764. The van der Waals surface area contributed by atoms with Gasteiger partial charge in [0.25, 0.3) is 0 Å². The SMILES string of the molecule is CCC(=O)c1ccccc1OCCn1ccnc1.Cl. The van der Waals surface area contributed by atoms with Crippen molar-refractivity contribution >= 4 is 18.2 Å². The van der Waals surface area contributed by atoms with Gasteiger partial charge in [-0.25, -0.2) is 4.98 Å². The van der Waals surface area contributed by atoms with Gasteiger partial charge in [-0.2, -0.15) is 0 Å². The molecular formula is C14H17ClN2O2. The fourth-order valence-corrected chi connectivity index (χ4v) is 1.69. The Kier molecular flexibility index (Phi) is 6.09. The Morgan fingerprint density at radius 2 is 2.16 bits per heavy atom. The number of hydrogen-bond donors (Lipinski definition) is 0. The lowest BCUT2D eigenvalue weighted by atomic mass is 10.1. The van der Waals surface area contributed by atoms with Crippen LogP contribution in [-0.2, 0) is 6.54 Å². The third kappa shape index (κ3) is 4.10. The Morgan fingerprint density at radius 3 is 2.84 bits per heavy atom. The largest absolute Gasteiger partial charge is 0.491 e. The first kappa shape index (κ1) is 15.2. The number of para-hydroxylation sites is 1. The molecule has 4 nitrogen and oxygen atoms in total. The number of ether oxygens (including phenoxy) is 1. The van der Waals surface area contributed by atoms with Gasteiger partial charge in [-0.05, 0) is 12.1 Å². The molecule has 102 valence electrons. The highest BCUT2D eigenvalue weighted by molar-refractivity contribution is 5.98. The first-order chi connectivity index (χ1) is 8.81. The van der Waals surface area contributed by atoms with Gasteiger partial charge in [0.2, 0.25) is 0 Å². The fourth-order valence-electron chi connectivity index (χ4n) is 1.69. The molecule has 0 saturated carbocycles. The second-order valence-corrected chi connectivity index (χ2v) is 3.92. The lowest BCUT2D eigenvalue weighted by Crippen LogP contribution is -2.09. The summed E-state index contributed by atoms with van der Waals surface area (Å²) in [5, 5.41) is 0. The first-order valence-corrected chi connectivity index (χ1v) is 6.02. The maximum Gasteiger partial charge on any atom is 0.166 e. The van der Waals surface area contributed by atoms with E-state index in [1.807, 2.05) is 35.9 Å². The Hall–Kier alpha value is -1.81. The molecule has 0 radical (unpaired) electrons. The Labute approximate surface area is 118 Å². The van der Waals surface area contributed by atoms with E-state index in [9.17, 15) is 4.79 Å². The smallest absolute Gasteiger partial charge is 0.166 e. The summed E-state index contributed by atoms with van der Waals surface area (Å²) in [6.45, 7) is 3.09. The summed E-state index contributed by atoms with van der Waals surface area (Å²) in [7, 11) is 0. The summed E-state index contributed by atoms with van der Waals surface area (Å²) in [4.78, 5) is 15.7. The standard InChI is InChI=1S/C14H16N2O2.ClH/c1-2-13(17)12-5-3-4-6-14(12)18-10-9-16-8-7-15-11-16;/h3-8,11H,2,9-10H2,1H3;1H. The van der Waals surface area contributed by atoms with Crippen molar-refractivity contribution in [1.82, 2.24) is 9.55 Å². The molecule has 5 heteroatoms. The molecule has 0 aliphatic carbocycles. The Bertz CT molecular complexity index is 512. The zero-order chi connectivity index (χ0) is 12.8. The molecule has 1 heterocycles. The van der Waals surface area contributed by atoms with Crippen LogP contribution in [-0.4, -0.2) is 21.9 Å². The molecule has 0 bridgehead atoms. The van der Waals surface area contributed by atoms with E-state index in [0.717, 1.165) is 0 Å². The van der Waals surface area contributed by atoms with Crippen LogP contribution in [0.15, 0.2) is 43.0 Å². The summed E-state index contributed by atoms with van der Waals surface area (Å²) in [6, 6.07) is 7.36. The number of nitrogens with zero attached hydrogens (tertiary/aromatic N) is 2. The van der Waals surface area contributed by atoms with Crippen molar-refractivity contribution in [2.24, 2.45) is 0 Å². The molecule has 0 amide bonds. The molecule has 0 atom stereocenters. The molecule has 2 rings (SSSR count). The first-order valence-electron chi connectivity index (χ1n) is 6.02. The van der Waals surface area contributed by atoms with Gasteiger partial charge in [-0.15, -0.1) is 12.4 Å². The van der Waals surface area contributed by atoms with Crippen LogP contribution in [0.3, 0.4) is 0 Å². The average molecular weight is 281 g/mol. The molecule has 0 fully saturated rings. The fraction of sp³-hybridized carbons (Fsp3) is 0.286. The van der Waals surface area contributed by atoms with Gasteiger partial charge in [-0.1, -0.05) is 19.1 Å². The number of rotatable bonds is 6. The van der Waals surface area contributed by atoms with E-state index in [1.54, 1.807) is 18.6 Å². The van der Waals surface area contributed by atoms with Crippen molar-refractivity contribution < 1.29 is 9.53 Å². The maximum atomic E-state index is 11.7. The highest BCUT2D eigenvalue weighted by atomic mass is 35.5. The molecule has 1 aromatic heterocycles. The molecule has 19 heavy (non-hydrogen) atoms. The van der Waals surface area contributed by atoms with Crippen LogP contribution in [0.25, 0.3) is 0 Å². The third-order valence-electron chi connectivity index (χ3n) is 2.67. The van der Waals surface area contributed by atoms with Crippen molar-refractivity contribution in [2.75, 3.05) is 6.61 Å². The van der Waals surface area contributed by atoms with E-state index in [0.29, 0.717) is 30.9 Å². The molecular weight excluding hydrogens is 264 g/mol. The molecule has 0 saturated heterocycles. The van der Waals surface area contributed by atoms with E-state index in [-0.39, 0.29) is 18.2 Å². The van der Waals surface area contributed by atoms with Gasteiger partial charge in [0.15, 0.2) is 5.78 Å².